The fraction of sp³-hybridized carbons (Fsp3) is 0.231. The van der Waals surface area contributed by atoms with Gasteiger partial charge in [-0.25, -0.2) is 4.98 Å². The topological polar surface area (TPSA) is 57.4 Å². The number of nitrogens with zero attached hydrogens (tertiary/aromatic N) is 1. The monoisotopic (exact) mass is 294 g/mol. The summed E-state index contributed by atoms with van der Waals surface area (Å²) in [7, 11) is 1.59. The number of thiocarbonyl (C=S) groups is 1. The lowest BCUT2D eigenvalue weighted by Crippen LogP contribution is -2.09. The van der Waals surface area contributed by atoms with E-state index in [1.807, 2.05) is 12.3 Å². The number of methoxy groups -OCH3 is 1. The van der Waals surface area contributed by atoms with Crippen molar-refractivity contribution in [2.75, 3.05) is 7.11 Å². The predicted octanol–water partition coefficient (Wildman–Crippen LogP) is 2.67. The molecule has 1 aromatic carbocycles. The van der Waals surface area contributed by atoms with Gasteiger partial charge in [-0.05, 0) is 19.1 Å². The largest absolute Gasteiger partial charge is 0.497 e. The minimum Gasteiger partial charge on any atom is -0.497 e. The summed E-state index contributed by atoms with van der Waals surface area (Å²) in [6, 6.07) is 5.37. The first-order chi connectivity index (χ1) is 9.08. The molecule has 0 saturated heterocycles. The molecule has 2 aromatic rings. The molecular weight excluding hydrogens is 280 g/mol. The van der Waals surface area contributed by atoms with Gasteiger partial charge in [-0.2, -0.15) is 0 Å². The van der Waals surface area contributed by atoms with Crippen LogP contribution < -0.4 is 15.2 Å². The van der Waals surface area contributed by atoms with Gasteiger partial charge in [0, 0.05) is 17.0 Å². The van der Waals surface area contributed by atoms with Gasteiger partial charge in [0.15, 0.2) is 0 Å². The Labute approximate surface area is 121 Å². The van der Waals surface area contributed by atoms with Crippen LogP contribution in [-0.2, 0) is 6.61 Å². The van der Waals surface area contributed by atoms with E-state index in [9.17, 15) is 0 Å². The van der Waals surface area contributed by atoms with Crippen molar-refractivity contribution >= 4 is 28.5 Å². The van der Waals surface area contributed by atoms with Crippen LogP contribution in [0.2, 0.25) is 0 Å². The van der Waals surface area contributed by atoms with Gasteiger partial charge in [-0.15, -0.1) is 11.3 Å². The van der Waals surface area contributed by atoms with E-state index in [1.165, 1.54) is 0 Å². The van der Waals surface area contributed by atoms with Crippen LogP contribution >= 0.6 is 23.6 Å². The molecule has 0 aliphatic rings. The zero-order valence-corrected chi connectivity index (χ0v) is 12.3. The summed E-state index contributed by atoms with van der Waals surface area (Å²) in [5, 5.41) is 3.00. The van der Waals surface area contributed by atoms with E-state index in [4.69, 9.17) is 27.4 Å². The number of hydrogen-bond donors (Lipinski definition) is 1. The van der Waals surface area contributed by atoms with E-state index in [-0.39, 0.29) is 0 Å². The van der Waals surface area contributed by atoms with Crippen molar-refractivity contribution < 1.29 is 9.47 Å². The number of aromatic nitrogens is 1. The van der Waals surface area contributed by atoms with Crippen molar-refractivity contribution in [1.82, 2.24) is 4.98 Å². The average molecular weight is 294 g/mol. The lowest BCUT2D eigenvalue weighted by atomic mass is 10.2. The predicted molar refractivity (Wildman–Crippen MR) is 80.1 cm³/mol. The molecule has 0 bridgehead atoms. The number of nitrogens with two attached hydrogens (primary N) is 1. The van der Waals surface area contributed by atoms with Crippen LogP contribution in [0.25, 0.3) is 0 Å². The summed E-state index contributed by atoms with van der Waals surface area (Å²) in [6.45, 7) is 2.37. The summed E-state index contributed by atoms with van der Waals surface area (Å²) >= 11 is 6.56. The number of ether oxygens (including phenoxy) is 2. The summed E-state index contributed by atoms with van der Waals surface area (Å²) in [5.74, 6) is 1.32. The van der Waals surface area contributed by atoms with Crippen molar-refractivity contribution in [1.29, 1.82) is 0 Å². The molecule has 0 atom stereocenters. The summed E-state index contributed by atoms with van der Waals surface area (Å²) in [5.41, 5.74) is 7.25. The smallest absolute Gasteiger partial charge is 0.131 e. The number of rotatable bonds is 5. The van der Waals surface area contributed by atoms with E-state index in [1.54, 1.807) is 36.6 Å². The van der Waals surface area contributed by atoms with Crippen molar-refractivity contribution in [2.45, 2.75) is 13.5 Å². The van der Waals surface area contributed by atoms with Gasteiger partial charge in [0.25, 0.3) is 0 Å². The van der Waals surface area contributed by atoms with Crippen molar-refractivity contribution in [3.63, 3.8) is 0 Å². The second-order valence-electron chi connectivity index (χ2n) is 3.91. The Morgan fingerprint density at radius 2 is 2.11 bits per heavy atom. The van der Waals surface area contributed by atoms with Crippen molar-refractivity contribution in [2.24, 2.45) is 5.73 Å². The SMILES string of the molecule is COc1cc(OCc2csc(C)n2)cc(C(N)=S)c1. The molecule has 19 heavy (non-hydrogen) atoms. The molecule has 2 rings (SSSR count). The van der Waals surface area contributed by atoms with Crippen molar-refractivity contribution in [3.05, 3.63) is 39.8 Å². The van der Waals surface area contributed by atoms with Gasteiger partial charge in [-0.3, -0.25) is 0 Å². The van der Waals surface area contributed by atoms with Gasteiger partial charge < -0.3 is 15.2 Å². The third kappa shape index (κ3) is 3.65. The Bertz CT molecular complexity index is 596. The average Bonchev–Trinajstić information content (AvgIpc) is 2.81. The first kappa shape index (κ1) is 13.8. The van der Waals surface area contributed by atoms with E-state index in [0.29, 0.717) is 23.1 Å². The first-order valence-corrected chi connectivity index (χ1v) is 6.90. The highest BCUT2D eigenvalue weighted by atomic mass is 32.1. The Kier molecular flexibility index (Phi) is 4.34. The van der Waals surface area contributed by atoms with E-state index >= 15 is 0 Å². The fourth-order valence-corrected chi connectivity index (χ4v) is 2.26. The third-order valence-electron chi connectivity index (χ3n) is 2.45. The zero-order valence-electron chi connectivity index (χ0n) is 10.7. The van der Waals surface area contributed by atoms with E-state index in [2.05, 4.69) is 4.98 Å². The second-order valence-corrected chi connectivity index (χ2v) is 5.41. The Hall–Kier alpha value is -1.66. The van der Waals surface area contributed by atoms with Gasteiger partial charge >= 0.3 is 0 Å². The second kappa shape index (κ2) is 5.99. The molecule has 6 heteroatoms. The molecule has 0 aliphatic carbocycles. The van der Waals surface area contributed by atoms with E-state index in [0.717, 1.165) is 16.3 Å². The number of benzene rings is 1. The normalized spacial score (nSPS) is 10.2. The number of hydrogen-bond acceptors (Lipinski definition) is 5. The van der Waals surface area contributed by atoms with E-state index < -0.39 is 0 Å². The van der Waals surface area contributed by atoms with Crippen LogP contribution in [0.15, 0.2) is 23.6 Å². The molecule has 0 saturated carbocycles. The quantitative estimate of drug-likeness (QED) is 0.859. The Morgan fingerprint density at radius 1 is 1.37 bits per heavy atom. The van der Waals surface area contributed by atoms with Crippen LogP contribution in [0.4, 0.5) is 0 Å². The Morgan fingerprint density at radius 3 is 2.68 bits per heavy atom. The van der Waals surface area contributed by atoms with Gasteiger partial charge in [-0.1, -0.05) is 12.2 Å². The fourth-order valence-electron chi connectivity index (χ4n) is 1.55. The number of thiazole rings is 1. The maximum atomic E-state index is 5.69. The molecule has 0 fully saturated rings. The van der Waals surface area contributed by atoms with Crippen LogP contribution in [0.5, 0.6) is 11.5 Å². The minimum absolute atomic E-state index is 0.313. The van der Waals surface area contributed by atoms with Crippen LogP contribution in [0.1, 0.15) is 16.3 Å². The molecule has 0 unspecified atom stereocenters. The van der Waals surface area contributed by atoms with Gasteiger partial charge in [0.05, 0.1) is 17.8 Å². The molecule has 1 heterocycles. The molecule has 0 radical (unpaired) electrons. The summed E-state index contributed by atoms with van der Waals surface area (Å²) in [6.07, 6.45) is 0. The molecule has 0 amide bonds. The molecular formula is C13H14N2O2S2. The lowest BCUT2D eigenvalue weighted by molar-refractivity contribution is 0.299. The highest BCUT2D eigenvalue weighted by Crippen LogP contribution is 2.23. The summed E-state index contributed by atoms with van der Waals surface area (Å²) in [4.78, 5) is 4.65. The maximum absolute atomic E-state index is 5.69. The zero-order chi connectivity index (χ0) is 13.8. The molecule has 1 aromatic heterocycles. The van der Waals surface area contributed by atoms with Crippen LogP contribution in [-0.4, -0.2) is 17.1 Å². The molecule has 2 N–H and O–H groups in total. The lowest BCUT2D eigenvalue weighted by Gasteiger charge is -2.09. The molecule has 4 nitrogen and oxygen atoms in total. The third-order valence-corrected chi connectivity index (χ3v) is 3.51. The minimum atomic E-state index is 0.313. The number of aryl methyl sites for hydroxylation is 1. The van der Waals surface area contributed by atoms with Crippen molar-refractivity contribution in [3.8, 4) is 11.5 Å². The van der Waals surface area contributed by atoms with Crippen LogP contribution in [0, 0.1) is 6.92 Å². The standard InChI is InChI=1S/C13H14N2O2S2/c1-8-15-10(7-19-8)6-17-12-4-9(13(14)18)3-11(5-12)16-2/h3-5,7H,6H2,1-2H3,(H2,14,18). The maximum Gasteiger partial charge on any atom is 0.131 e. The highest BCUT2D eigenvalue weighted by Gasteiger charge is 2.06. The van der Waals surface area contributed by atoms with Gasteiger partial charge in [0.2, 0.25) is 0 Å². The molecule has 0 aliphatic heterocycles. The van der Waals surface area contributed by atoms with Crippen LogP contribution in [0.3, 0.4) is 0 Å². The molecule has 0 spiro atoms. The Balaban J connectivity index is 2.15. The molecule has 100 valence electrons. The first-order valence-electron chi connectivity index (χ1n) is 5.61. The van der Waals surface area contributed by atoms with Gasteiger partial charge in [0.1, 0.15) is 23.1 Å². The summed E-state index contributed by atoms with van der Waals surface area (Å²) < 4.78 is 10.9. The highest BCUT2D eigenvalue weighted by molar-refractivity contribution is 7.80.